The minimum absolute atomic E-state index is 0.0495. The maximum absolute atomic E-state index is 12.3. The predicted octanol–water partition coefficient (Wildman–Crippen LogP) is 3.29. The molecule has 11 heteroatoms. The molecule has 0 saturated heterocycles. The van der Waals surface area contributed by atoms with Gasteiger partial charge in [0.1, 0.15) is 12.3 Å². The van der Waals surface area contributed by atoms with Gasteiger partial charge in [-0.3, -0.25) is 19.7 Å². The van der Waals surface area contributed by atoms with E-state index in [1.165, 1.54) is 48.5 Å². The van der Waals surface area contributed by atoms with Gasteiger partial charge in [-0.25, -0.2) is 0 Å². The normalized spacial score (nSPS) is 10.9. The number of non-ortho nitro benzene ring substituents is 1. The summed E-state index contributed by atoms with van der Waals surface area (Å²) in [5.41, 5.74) is -0.149. The van der Waals surface area contributed by atoms with Gasteiger partial charge in [-0.2, -0.15) is 13.2 Å². The van der Waals surface area contributed by atoms with Crippen LogP contribution in [0.3, 0.4) is 0 Å². The molecule has 2 amide bonds. The van der Waals surface area contributed by atoms with E-state index >= 15 is 0 Å². The standard InChI is InChI=1S/C18H16F3N3O5/c19-18(20,21)11-22-17(26)14-3-1-2-4-15(14)23-16(25)9-10-29-13-7-5-12(6-8-13)24(27)28/h1-8H,9-11H2,(H,22,26)(H,23,25). The number of rotatable bonds is 8. The van der Waals surface area contributed by atoms with Crippen LogP contribution in [-0.4, -0.2) is 36.1 Å². The lowest BCUT2D eigenvalue weighted by Gasteiger charge is -2.13. The molecule has 2 aromatic rings. The molecule has 0 atom stereocenters. The molecule has 0 aromatic heterocycles. The van der Waals surface area contributed by atoms with Crippen LogP contribution in [0.5, 0.6) is 5.75 Å². The van der Waals surface area contributed by atoms with E-state index in [0.29, 0.717) is 5.75 Å². The van der Waals surface area contributed by atoms with Crippen LogP contribution in [0.15, 0.2) is 48.5 Å². The summed E-state index contributed by atoms with van der Waals surface area (Å²) in [6, 6.07) is 10.9. The van der Waals surface area contributed by atoms with E-state index in [9.17, 15) is 32.9 Å². The second-order valence-electron chi connectivity index (χ2n) is 5.74. The number of nitro benzene ring substituents is 1. The number of nitro groups is 1. The van der Waals surface area contributed by atoms with Crippen molar-refractivity contribution in [3.8, 4) is 5.75 Å². The second-order valence-corrected chi connectivity index (χ2v) is 5.74. The van der Waals surface area contributed by atoms with Crippen LogP contribution in [0.25, 0.3) is 0 Å². The Morgan fingerprint density at radius 2 is 1.72 bits per heavy atom. The van der Waals surface area contributed by atoms with E-state index in [0.717, 1.165) is 0 Å². The number of nitrogens with zero attached hydrogens (tertiary/aromatic N) is 1. The summed E-state index contributed by atoms with van der Waals surface area (Å²) in [4.78, 5) is 34.0. The highest BCUT2D eigenvalue weighted by Crippen LogP contribution is 2.19. The van der Waals surface area contributed by atoms with Crippen molar-refractivity contribution >= 4 is 23.2 Å². The van der Waals surface area contributed by atoms with Crippen molar-refractivity contribution in [1.82, 2.24) is 5.32 Å². The molecule has 2 aromatic carbocycles. The van der Waals surface area contributed by atoms with E-state index in [1.54, 1.807) is 5.32 Å². The van der Waals surface area contributed by atoms with E-state index in [-0.39, 0.29) is 30.0 Å². The zero-order valence-corrected chi connectivity index (χ0v) is 14.9. The summed E-state index contributed by atoms with van der Waals surface area (Å²) in [6.07, 6.45) is -4.67. The number of carbonyl (C=O) groups is 2. The maximum atomic E-state index is 12.3. The molecule has 2 N–H and O–H groups in total. The Labute approximate surface area is 162 Å². The average Bonchev–Trinajstić information content (AvgIpc) is 2.66. The fourth-order valence-electron chi connectivity index (χ4n) is 2.20. The van der Waals surface area contributed by atoms with Gasteiger partial charge >= 0.3 is 6.18 Å². The number of benzene rings is 2. The van der Waals surface area contributed by atoms with Gasteiger partial charge in [-0.1, -0.05) is 12.1 Å². The first kappa shape index (κ1) is 21.7. The van der Waals surface area contributed by atoms with Gasteiger partial charge in [0.2, 0.25) is 5.91 Å². The van der Waals surface area contributed by atoms with E-state index in [2.05, 4.69) is 5.32 Å². The molecule has 154 valence electrons. The Bertz CT molecular complexity index is 885. The van der Waals surface area contributed by atoms with Crippen molar-refractivity contribution in [3.05, 3.63) is 64.2 Å². The fourth-order valence-corrected chi connectivity index (χ4v) is 2.20. The first-order chi connectivity index (χ1) is 13.7. The lowest BCUT2D eigenvalue weighted by Crippen LogP contribution is -2.34. The maximum Gasteiger partial charge on any atom is 0.405 e. The van der Waals surface area contributed by atoms with E-state index < -0.39 is 29.5 Å². The molecule has 0 fully saturated rings. The van der Waals surface area contributed by atoms with Crippen molar-refractivity contribution in [1.29, 1.82) is 0 Å². The number of ether oxygens (including phenoxy) is 1. The van der Waals surface area contributed by atoms with E-state index in [1.807, 2.05) is 0 Å². The van der Waals surface area contributed by atoms with Gasteiger partial charge in [-0.05, 0) is 24.3 Å². The number of nitrogens with one attached hydrogen (secondary N) is 2. The molecular formula is C18H16F3N3O5. The third-order valence-electron chi connectivity index (χ3n) is 3.54. The Kier molecular flexibility index (Phi) is 7.12. The average molecular weight is 411 g/mol. The molecule has 2 rings (SSSR count). The monoisotopic (exact) mass is 411 g/mol. The lowest BCUT2D eigenvalue weighted by molar-refractivity contribution is -0.384. The summed E-state index contributed by atoms with van der Waals surface area (Å²) in [5.74, 6) is -1.17. The molecule has 0 spiro atoms. The Morgan fingerprint density at radius 1 is 1.07 bits per heavy atom. The fraction of sp³-hybridized carbons (Fsp3) is 0.222. The summed E-state index contributed by atoms with van der Waals surface area (Å²) < 4.78 is 42.1. The summed E-state index contributed by atoms with van der Waals surface area (Å²) in [5, 5.41) is 14.8. The molecule has 0 saturated carbocycles. The number of carbonyl (C=O) groups excluding carboxylic acids is 2. The largest absolute Gasteiger partial charge is 0.493 e. The zero-order valence-electron chi connectivity index (χ0n) is 14.9. The van der Waals surface area contributed by atoms with Crippen LogP contribution in [0, 0.1) is 10.1 Å². The van der Waals surface area contributed by atoms with Crippen LogP contribution >= 0.6 is 0 Å². The molecule has 0 radical (unpaired) electrons. The third-order valence-corrected chi connectivity index (χ3v) is 3.54. The number of halogens is 3. The summed E-state index contributed by atoms with van der Waals surface area (Å²) >= 11 is 0. The van der Waals surface area contributed by atoms with E-state index in [4.69, 9.17) is 4.74 Å². The van der Waals surface area contributed by atoms with Gasteiger partial charge in [0.15, 0.2) is 0 Å². The van der Waals surface area contributed by atoms with Crippen molar-refractivity contribution in [2.24, 2.45) is 0 Å². The molecule has 29 heavy (non-hydrogen) atoms. The van der Waals surface area contributed by atoms with Crippen LogP contribution in [0.2, 0.25) is 0 Å². The molecule has 0 aliphatic heterocycles. The number of anilines is 1. The number of alkyl halides is 3. The molecular weight excluding hydrogens is 395 g/mol. The number of hydrogen-bond acceptors (Lipinski definition) is 5. The number of hydrogen-bond donors (Lipinski definition) is 2. The Balaban J connectivity index is 1.88. The van der Waals surface area contributed by atoms with Gasteiger partial charge in [-0.15, -0.1) is 0 Å². The highest BCUT2D eigenvalue weighted by molar-refractivity contribution is 6.03. The highest BCUT2D eigenvalue weighted by Gasteiger charge is 2.28. The zero-order chi connectivity index (χ0) is 21.4. The first-order valence-electron chi connectivity index (χ1n) is 8.27. The molecule has 0 heterocycles. The van der Waals surface area contributed by atoms with Crippen molar-refractivity contribution in [2.45, 2.75) is 12.6 Å². The van der Waals surface area contributed by atoms with Crippen LogP contribution in [-0.2, 0) is 4.79 Å². The van der Waals surface area contributed by atoms with Crippen LogP contribution in [0.1, 0.15) is 16.8 Å². The molecule has 0 aliphatic rings. The predicted molar refractivity (Wildman–Crippen MR) is 96.7 cm³/mol. The quantitative estimate of drug-likeness (QED) is 0.512. The minimum atomic E-state index is -4.55. The Hall–Kier alpha value is -3.63. The SMILES string of the molecule is O=C(CCOc1ccc([N+](=O)[O-])cc1)Nc1ccccc1C(=O)NCC(F)(F)F. The van der Waals surface area contributed by atoms with Crippen LogP contribution < -0.4 is 15.4 Å². The second kappa shape index (κ2) is 9.53. The lowest BCUT2D eigenvalue weighted by atomic mass is 10.1. The number of para-hydroxylation sites is 1. The van der Waals surface area contributed by atoms with Gasteiger partial charge in [0.05, 0.1) is 29.2 Å². The molecule has 0 aliphatic carbocycles. The minimum Gasteiger partial charge on any atom is -0.493 e. The van der Waals surface area contributed by atoms with Crippen molar-refractivity contribution in [2.75, 3.05) is 18.5 Å². The Morgan fingerprint density at radius 3 is 2.34 bits per heavy atom. The van der Waals surface area contributed by atoms with Gasteiger partial charge in [0.25, 0.3) is 11.6 Å². The van der Waals surface area contributed by atoms with Gasteiger partial charge in [0, 0.05) is 12.1 Å². The molecule has 0 bridgehead atoms. The third kappa shape index (κ3) is 7.13. The summed E-state index contributed by atoms with van der Waals surface area (Å²) in [7, 11) is 0. The van der Waals surface area contributed by atoms with Crippen molar-refractivity contribution in [3.63, 3.8) is 0 Å². The number of amides is 2. The van der Waals surface area contributed by atoms with Crippen molar-refractivity contribution < 1.29 is 32.4 Å². The highest BCUT2D eigenvalue weighted by atomic mass is 19.4. The summed E-state index contributed by atoms with van der Waals surface area (Å²) in [6.45, 7) is -1.54. The van der Waals surface area contributed by atoms with Crippen LogP contribution in [0.4, 0.5) is 24.5 Å². The molecule has 8 nitrogen and oxygen atoms in total. The van der Waals surface area contributed by atoms with Gasteiger partial charge < -0.3 is 15.4 Å². The smallest absolute Gasteiger partial charge is 0.405 e. The molecule has 0 unspecified atom stereocenters. The topological polar surface area (TPSA) is 111 Å². The first-order valence-corrected chi connectivity index (χ1v) is 8.27.